The number of halogens is 1. The number of hydrogen-bond acceptors (Lipinski definition) is 4. The van der Waals surface area contributed by atoms with Crippen LogP contribution in [0.1, 0.15) is 32.1 Å². The Morgan fingerprint density at radius 2 is 1.96 bits per heavy atom. The Bertz CT molecular complexity index is 892. The molecule has 7 heteroatoms. The van der Waals surface area contributed by atoms with E-state index in [1.165, 1.54) is 25.2 Å². The predicted molar refractivity (Wildman–Crippen MR) is 95.9 cm³/mol. The maximum absolute atomic E-state index is 13.4. The van der Waals surface area contributed by atoms with E-state index in [4.69, 9.17) is 4.74 Å². The largest absolute Gasteiger partial charge is 0.381 e. The third-order valence-corrected chi connectivity index (χ3v) is 5.12. The summed E-state index contributed by atoms with van der Waals surface area (Å²) >= 11 is 0. The summed E-state index contributed by atoms with van der Waals surface area (Å²) in [6.07, 6.45) is 0.325. The molecule has 1 saturated carbocycles. The third-order valence-electron chi connectivity index (χ3n) is 5.12. The van der Waals surface area contributed by atoms with Gasteiger partial charge in [0, 0.05) is 42.6 Å². The molecule has 6 nitrogen and oxygen atoms in total. The highest BCUT2D eigenvalue weighted by molar-refractivity contribution is 5.98. The van der Waals surface area contributed by atoms with Gasteiger partial charge < -0.3 is 15.4 Å². The van der Waals surface area contributed by atoms with Gasteiger partial charge in [0.2, 0.25) is 0 Å². The molecule has 2 amide bonds. The number of hydrogen-bond donors (Lipinski definition) is 2. The fourth-order valence-corrected chi connectivity index (χ4v) is 3.60. The molecular weight excluding hydrogens is 349 g/mol. The topological polar surface area (TPSA) is 80.3 Å². The first-order chi connectivity index (χ1) is 13.0. The molecule has 2 aromatic rings. The Kier molecular flexibility index (Phi) is 4.61. The number of benzene rings is 1. The predicted octanol–water partition coefficient (Wildman–Crippen LogP) is 1.55. The van der Waals surface area contributed by atoms with Crippen molar-refractivity contribution in [2.24, 2.45) is 11.8 Å². The van der Waals surface area contributed by atoms with Crippen molar-refractivity contribution in [1.82, 2.24) is 15.6 Å². The first-order valence-electron chi connectivity index (χ1n) is 8.91. The van der Waals surface area contributed by atoms with Gasteiger partial charge in [-0.15, -0.1) is 0 Å². The van der Waals surface area contributed by atoms with E-state index in [0.29, 0.717) is 42.7 Å². The number of carbonyl (C=O) groups is 2. The normalized spacial score (nSPS) is 22.8. The van der Waals surface area contributed by atoms with Crippen molar-refractivity contribution in [3.05, 3.63) is 64.7 Å². The van der Waals surface area contributed by atoms with Gasteiger partial charge in [0.1, 0.15) is 11.5 Å². The van der Waals surface area contributed by atoms with Crippen LogP contribution in [-0.2, 0) is 11.2 Å². The van der Waals surface area contributed by atoms with Gasteiger partial charge in [0.25, 0.3) is 11.8 Å². The van der Waals surface area contributed by atoms with Gasteiger partial charge in [0.15, 0.2) is 0 Å². The average molecular weight is 369 g/mol. The van der Waals surface area contributed by atoms with Crippen LogP contribution < -0.4 is 10.6 Å². The minimum atomic E-state index is -0.373. The second kappa shape index (κ2) is 7.08. The zero-order valence-electron chi connectivity index (χ0n) is 14.9. The number of nitrogens with zero attached hydrogens (tertiary/aromatic N) is 1. The second-order valence-corrected chi connectivity index (χ2v) is 6.98. The van der Waals surface area contributed by atoms with Crippen LogP contribution in [0.15, 0.2) is 36.4 Å². The van der Waals surface area contributed by atoms with Crippen LogP contribution >= 0.6 is 0 Å². The lowest BCUT2D eigenvalue weighted by molar-refractivity contribution is 0.0928. The van der Waals surface area contributed by atoms with Crippen LogP contribution in [0.25, 0.3) is 0 Å². The number of aromatic nitrogens is 1. The Morgan fingerprint density at radius 1 is 1.19 bits per heavy atom. The number of nitrogens with one attached hydrogen (secondary N) is 2. The van der Waals surface area contributed by atoms with E-state index in [-0.39, 0.29) is 29.4 Å². The first kappa shape index (κ1) is 17.6. The van der Waals surface area contributed by atoms with Crippen LogP contribution in [0, 0.1) is 17.7 Å². The summed E-state index contributed by atoms with van der Waals surface area (Å²) in [5.41, 5.74) is 1.79. The van der Waals surface area contributed by atoms with Crippen molar-refractivity contribution in [3.63, 3.8) is 0 Å². The highest BCUT2D eigenvalue weighted by atomic mass is 19.1. The molecule has 2 fully saturated rings. The number of rotatable bonds is 5. The van der Waals surface area contributed by atoms with Crippen molar-refractivity contribution in [2.75, 3.05) is 20.3 Å². The van der Waals surface area contributed by atoms with Gasteiger partial charge in [-0.05, 0) is 29.8 Å². The zero-order valence-corrected chi connectivity index (χ0v) is 14.9. The van der Waals surface area contributed by atoms with Crippen LogP contribution in [0.4, 0.5) is 4.39 Å². The number of fused-ring (bicyclic) bond motifs is 1. The first-order valence-corrected chi connectivity index (χ1v) is 8.91. The van der Waals surface area contributed by atoms with E-state index >= 15 is 0 Å². The fourth-order valence-electron chi connectivity index (χ4n) is 3.60. The number of ether oxygens (including phenoxy) is 1. The highest BCUT2D eigenvalue weighted by Gasteiger charge is 2.54. The maximum atomic E-state index is 13.4. The van der Waals surface area contributed by atoms with E-state index in [1.54, 1.807) is 18.2 Å². The van der Waals surface area contributed by atoms with Crippen molar-refractivity contribution < 1.29 is 18.7 Å². The van der Waals surface area contributed by atoms with E-state index in [9.17, 15) is 14.0 Å². The van der Waals surface area contributed by atoms with Gasteiger partial charge in [-0.1, -0.05) is 12.1 Å². The number of carbonyl (C=O) groups excluding carboxylic acids is 2. The quantitative estimate of drug-likeness (QED) is 0.838. The summed E-state index contributed by atoms with van der Waals surface area (Å²) in [6, 6.07) is 9.46. The van der Waals surface area contributed by atoms with Crippen molar-refractivity contribution in [2.45, 2.75) is 12.5 Å². The standard InChI is InChI=1S/C20H20FN3O3/c1-22-20(26)17-8-12(19(25)24-18-15-9-27-10-16(15)18)7-14(23-17)6-11-3-2-4-13(21)5-11/h2-5,7-8,15-16,18H,6,9-10H2,1H3,(H,22,26)(H,24,25). The summed E-state index contributed by atoms with van der Waals surface area (Å²) in [6.45, 7) is 1.36. The minimum Gasteiger partial charge on any atom is -0.381 e. The summed E-state index contributed by atoms with van der Waals surface area (Å²) in [5.74, 6) is -0.165. The smallest absolute Gasteiger partial charge is 0.269 e. The van der Waals surface area contributed by atoms with Crippen molar-refractivity contribution >= 4 is 11.8 Å². The van der Waals surface area contributed by atoms with Crippen LogP contribution in [0.5, 0.6) is 0 Å². The molecule has 2 unspecified atom stereocenters. The number of amides is 2. The molecule has 2 aliphatic rings. The van der Waals surface area contributed by atoms with Crippen molar-refractivity contribution in [1.29, 1.82) is 0 Å². The molecule has 1 aliphatic heterocycles. The molecule has 140 valence electrons. The molecule has 1 saturated heterocycles. The summed E-state index contributed by atoms with van der Waals surface area (Å²) in [4.78, 5) is 29.1. The van der Waals surface area contributed by atoms with Crippen LogP contribution in [0.2, 0.25) is 0 Å². The van der Waals surface area contributed by atoms with E-state index in [2.05, 4.69) is 15.6 Å². The van der Waals surface area contributed by atoms with Gasteiger partial charge >= 0.3 is 0 Å². The van der Waals surface area contributed by atoms with Gasteiger partial charge in [-0.25, -0.2) is 9.37 Å². The molecule has 1 aromatic carbocycles. The fraction of sp³-hybridized carbons (Fsp3) is 0.350. The molecule has 2 atom stereocenters. The van der Waals surface area contributed by atoms with Crippen molar-refractivity contribution in [3.8, 4) is 0 Å². The maximum Gasteiger partial charge on any atom is 0.269 e. The van der Waals surface area contributed by atoms with Gasteiger partial charge in [-0.3, -0.25) is 9.59 Å². The Hall–Kier alpha value is -2.80. The summed E-state index contributed by atoms with van der Waals surface area (Å²) in [5, 5.41) is 5.54. The lowest BCUT2D eigenvalue weighted by Crippen LogP contribution is -2.30. The number of pyridine rings is 1. The molecular formula is C20H20FN3O3. The lowest BCUT2D eigenvalue weighted by atomic mass is 10.1. The SMILES string of the molecule is CNC(=O)c1cc(C(=O)NC2C3COCC32)cc(Cc2cccc(F)c2)n1. The Balaban J connectivity index is 1.58. The zero-order chi connectivity index (χ0) is 19.0. The summed E-state index contributed by atoms with van der Waals surface area (Å²) < 4.78 is 18.8. The monoisotopic (exact) mass is 369 g/mol. The second-order valence-electron chi connectivity index (χ2n) is 6.98. The van der Waals surface area contributed by atoms with E-state index in [0.717, 1.165) is 5.56 Å². The lowest BCUT2D eigenvalue weighted by Gasteiger charge is -2.11. The molecule has 0 radical (unpaired) electrons. The molecule has 1 aromatic heterocycles. The molecule has 2 heterocycles. The van der Waals surface area contributed by atoms with Gasteiger partial charge in [-0.2, -0.15) is 0 Å². The Morgan fingerprint density at radius 3 is 2.67 bits per heavy atom. The molecule has 27 heavy (non-hydrogen) atoms. The molecule has 2 N–H and O–H groups in total. The molecule has 0 spiro atoms. The van der Waals surface area contributed by atoms with E-state index < -0.39 is 0 Å². The molecule has 1 aliphatic carbocycles. The van der Waals surface area contributed by atoms with Crippen LogP contribution in [-0.4, -0.2) is 43.1 Å². The van der Waals surface area contributed by atoms with Gasteiger partial charge in [0.05, 0.1) is 13.2 Å². The highest BCUT2D eigenvalue weighted by Crippen LogP contribution is 2.44. The molecule has 4 rings (SSSR count). The minimum absolute atomic E-state index is 0.134. The third kappa shape index (κ3) is 3.68. The van der Waals surface area contributed by atoms with E-state index in [1.807, 2.05) is 0 Å². The average Bonchev–Trinajstić information content (AvgIpc) is 3.08. The van der Waals surface area contributed by atoms with Crippen LogP contribution in [0.3, 0.4) is 0 Å². The molecule has 0 bridgehead atoms. The summed E-state index contributed by atoms with van der Waals surface area (Å²) in [7, 11) is 1.51. The Labute approximate surface area is 156 Å².